The summed E-state index contributed by atoms with van der Waals surface area (Å²) in [7, 11) is 1.68. The zero-order chi connectivity index (χ0) is 12.3. The molecule has 0 radical (unpaired) electrons. The highest BCUT2D eigenvalue weighted by Crippen LogP contribution is 2.30. The van der Waals surface area contributed by atoms with E-state index < -0.39 is 5.60 Å². The monoisotopic (exact) mass is 235 g/mol. The van der Waals surface area contributed by atoms with E-state index >= 15 is 0 Å². The first kappa shape index (κ1) is 12.2. The van der Waals surface area contributed by atoms with E-state index in [1.165, 1.54) is 0 Å². The summed E-state index contributed by atoms with van der Waals surface area (Å²) in [5.41, 5.74) is 1.65. The number of ether oxygens (including phenoxy) is 1. The molecule has 0 unspecified atom stereocenters. The van der Waals surface area contributed by atoms with Crippen LogP contribution < -0.4 is 10.1 Å². The van der Waals surface area contributed by atoms with Gasteiger partial charge in [-0.3, -0.25) is 0 Å². The van der Waals surface area contributed by atoms with E-state index in [1.807, 2.05) is 19.1 Å². The van der Waals surface area contributed by atoms with Crippen LogP contribution in [-0.2, 0) is 0 Å². The number of nitrogens with one attached hydrogen (secondary N) is 1. The maximum absolute atomic E-state index is 10.2. The Morgan fingerprint density at radius 3 is 2.65 bits per heavy atom. The van der Waals surface area contributed by atoms with Crippen LogP contribution in [0.15, 0.2) is 18.2 Å². The van der Waals surface area contributed by atoms with Crippen molar-refractivity contribution in [1.29, 1.82) is 0 Å². The Kier molecular flexibility index (Phi) is 3.57. The van der Waals surface area contributed by atoms with Gasteiger partial charge < -0.3 is 15.2 Å². The Labute approximate surface area is 103 Å². The van der Waals surface area contributed by atoms with Gasteiger partial charge in [-0.15, -0.1) is 0 Å². The minimum atomic E-state index is -0.506. The van der Waals surface area contributed by atoms with Crippen LogP contribution in [0.5, 0.6) is 5.75 Å². The second-order valence-electron chi connectivity index (χ2n) is 4.97. The van der Waals surface area contributed by atoms with Crippen molar-refractivity contribution in [3.05, 3.63) is 23.8 Å². The largest absolute Gasteiger partial charge is 0.496 e. The Morgan fingerprint density at radius 2 is 2.06 bits per heavy atom. The highest BCUT2D eigenvalue weighted by Gasteiger charge is 2.30. The van der Waals surface area contributed by atoms with Crippen LogP contribution in [0.4, 0.5) is 5.69 Å². The van der Waals surface area contributed by atoms with Crippen molar-refractivity contribution in [3.63, 3.8) is 0 Å². The quantitative estimate of drug-likeness (QED) is 0.843. The molecule has 2 N–H and O–H groups in total. The first-order valence-corrected chi connectivity index (χ1v) is 6.24. The van der Waals surface area contributed by atoms with Crippen molar-refractivity contribution in [3.8, 4) is 5.75 Å². The molecule has 0 atom stereocenters. The molecule has 1 fully saturated rings. The molecule has 0 heterocycles. The third-order valence-corrected chi connectivity index (χ3v) is 3.55. The standard InChI is InChI=1S/C14H21NO2/c1-11-9-12(5-6-13(11)17-2)15-10-14(16)7-3-4-8-14/h5-6,9,15-16H,3-4,7-8,10H2,1-2H3. The van der Waals surface area contributed by atoms with Crippen LogP contribution in [0.1, 0.15) is 31.2 Å². The average Bonchev–Trinajstić information content (AvgIpc) is 2.74. The molecule has 1 aromatic rings. The van der Waals surface area contributed by atoms with Crippen LogP contribution in [0.2, 0.25) is 0 Å². The Bertz CT molecular complexity index is 384. The van der Waals surface area contributed by atoms with Gasteiger partial charge in [0.05, 0.1) is 12.7 Å². The highest BCUT2D eigenvalue weighted by atomic mass is 16.5. The molecule has 0 amide bonds. The third-order valence-electron chi connectivity index (χ3n) is 3.55. The fraction of sp³-hybridized carbons (Fsp3) is 0.571. The van der Waals surface area contributed by atoms with Gasteiger partial charge in [0.2, 0.25) is 0 Å². The van der Waals surface area contributed by atoms with Gasteiger partial charge in [0.15, 0.2) is 0 Å². The number of hydrogen-bond acceptors (Lipinski definition) is 3. The molecular formula is C14H21NO2. The summed E-state index contributed by atoms with van der Waals surface area (Å²) in [6, 6.07) is 6.00. The molecule has 0 bridgehead atoms. The van der Waals surface area contributed by atoms with E-state index in [1.54, 1.807) is 7.11 Å². The van der Waals surface area contributed by atoms with E-state index in [9.17, 15) is 5.11 Å². The van der Waals surface area contributed by atoms with Crippen molar-refractivity contribution in [2.24, 2.45) is 0 Å². The molecule has 1 aromatic carbocycles. The lowest BCUT2D eigenvalue weighted by atomic mass is 10.0. The summed E-state index contributed by atoms with van der Waals surface area (Å²) >= 11 is 0. The Balaban J connectivity index is 1.97. The normalized spacial score (nSPS) is 18.1. The third kappa shape index (κ3) is 2.91. The summed E-state index contributed by atoms with van der Waals surface area (Å²) < 4.78 is 5.22. The molecular weight excluding hydrogens is 214 g/mol. The van der Waals surface area contributed by atoms with Gasteiger partial charge in [0.25, 0.3) is 0 Å². The first-order valence-electron chi connectivity index (χ1n) is 6.24. The average molecular weight is 235 g/mol. The predicted molar refractivity (Wildman–Crippen MR) is 69.6 cm³/mol. The van der Waals surface area contributed by atoms with Gasteiger partial charge in [-0.1, -0.05) is 12.8 Å². The summed E-state index contributed by atoms with van der Waals surface area (Å²) in [6.45, 7) is 2.66. The van der Waals surface area contributed by atoms with E-state index in [0.717, 1.165) is 42.7 Å². The molecule has 0 spiro atoms. The van der Waals surface area contributed by atoms with Crippen LogP contribution >= 0.6 is 0 Å². The molecule has 1 aliphatic carbocycles. The van der Waals surface area contributed by atoms with E-state index in [4.69, 9.17) is 4.74 Å². The fourth-order valence-electron chi connectivity index (χ4n) is 2.46. The van der Waals surface area contributed by atoms with Gasteiger partial charge >= 0.3 is 0 Å². The lowest BCUT2D eigenvalue weighted by Gasteiger charge is -2.23. The SMILES string of the molecule is COc1ccc(NCC2(O)CCCC2)cc1C. The molecule has 0 aromatic heterocycles. The number of rotatable bonds is 4. The molecule has 3 heteroatoms. The number of hydrogen-bond donors (Lipinski definition) is 2. The van der Waals surface area contributed by atoms with Gasteiger partial charge in [0.1, 0.15) is 5.75 Å². The van der Waals surface area contributed by atoms with Crippen LogP contribution in [-0.4, -0.2) is 24.4 Å². The second kappa shape index (κ2) is 4.96. The van der Waals surface area contributed by atoms with Crippen LogP contribution in [0.3, 0.4) is 0 Å². The number of aliphatic hydroxyl groups is 1. The zero-order valence-electron chi connectivity index (χ0n) is 10.6. The molecule has 0 aliphatic heterocycles. The molecule has 3 nitrogen and oxygen atoms in total. The van der Waals surface area contributed by atoms with Crippen LogP contribution in [0.25, 0.3) is 0 Å². The number of aryl methyl sites for hydroxylation is 1. The van der Waals surface area contributed by atoms with Crippen molar-refractivity contribution < 1.29 is 9.84 Å². The smallest absolute Gasteiger partial charge is 0.121 e. The van der Waals surface area contributed by atoms with Gasteiger partial charge in [-0.05, 0) is 43.5 Å². The first-order chi connectivity index (χ1) is 8.13. The van der Waals surface area contributed by atoms with Crippen molar-refractivity contribution in [2.75, 3.05) is 19.0 Å². The summed E-state index contributed by atoms with van der Waals surface area (Å²) in [6.07, 6.45) is 4.10. The van der Waals surface area contributed by atoms with Crippen molar-refractivity contribution in [1.82, 2.24) is 0 Å². The minimum Gasteiger partial charge on any atom is -0.496 e. The highest BCUT2D eigenvalue weighted by molar-refractivity contribution is 5.50. The molecule has 1 saturated carbocycles. The summed E-state index contributed by atoms with van der Waals surface area (Å²) in [4.78, 5) is 0. The molecule has 2 rings (SSSR count). The van der Waals surface area contributed by atoms with E-state index in [2.05, 4.69) is 11.4 Å². The molecule has 17 heavy (non-hydrogen) atoms. The second-order valence-corrected chi connectivity index (χ2v) is 4.97. The van der Waals surface area contributed by atoms with E-state index in [0.29, 0.717) is 6.54 Å². The lowest BCUT2D eigenvalue weighted by molar-refractivity contribution is 0.0615. The molecule has 94 valence electrons. The number of benzene rings is 1. The maximum atomic E-state index is 10.2. The maximum Gasteiger partial charge on any atom is 0.121 e. The number of anilines is 1. The van der Waals surface area contributed by atoms with Crippen molar-refractivity contribution in [2.45, 2.75) is 38.2 Å². The number of methoxy groups -OCH3 is 1. The molecule has 0 saturated heterocycles. The van der Waals surface area contributed by atoms with Gasteiger partial charge in [-0.25, -0.2) is 0 Å². The molecule has 1 aliphatic rings. The van der Waals surface area contributed by atoms with Crippen molar-refractivity contribution >= 4 is 5.69 Å². The lowest BCUT2D eigenvalue weighted by Crippen LogP contribution is -2.33. The van der Waals surface area contributed by atoms with E-state index in [-0.39, 0.29) is 0 Å². The van der Waals surface area contributed by atoms with Crippen LogP contribution in [0, 0.1) is 6.92 Å². The Morgan fingerprint density at radius 1 is 1.35 bits per heavy atom. The predicted octanol–water partition coefficient (Wildman–Crippen LogP) is 2.72. The fourth-order valence-corrected chi connectivity index (χ4v) is 2.46. The zero-order valence-corrected chi connectivity index (χ0v) is 10.6. The topological polar surface area (TPSA) is 41.5 Å². The van der Waals surface area contributed by atoms with Gasteiger partial charge in [-0.2, -0.15) is 0 Å². The minimum absolute atomic E-state index is 0.506. The Hall–Kier alpha value is -1.22. The van der Waals surface area contributed by atoms with Gasteiger partial charge in [0, 0.05) is 12.2 Å². The summed E-state index contributed by atoms with van der Waals surface area (Å²) in [5.74, 6) is 0.898. The summed E-state index contributed by atoms with van der Waals surface area (Å²) in [5, 5.41) is 13.5.